The zero-order chi connectivity index (χ0) is 15.3. The van der Waals surface area contributed by atoms with Crippen LogP contribution >= 0.6 is 0 Å². The molecule has 2 unspecified atom stereocenters. The molecule has 1 N–H and O–H groups in total. The number of nitrogens with zero attached hydrogens (tertiary/aromatic N) is 1. The summed E-state index contributed by atoms with van der Waals surface area (Å²) in [6, 6.07) is 8.80. The molecule has 3 heteroatoms. The van der Waals surface area contributed by atoms with Crippen molar-refractivity contribution in [3.63, 3.8) is 0 Å². The van der Waals surface area contributed by atoms with Gasteiger partial charge in [0.05, 0.1) is 6.07 Å². The molecule has 1 aromatic carbocycles. The van der Waals surface area contributed by atoms with E-state index in [1.165, 1.54) is 5.56 Å². The Kier molecular flexibility index (Phi) is 5.25. The number of nitrogens with one attached hydrogen (secondary N) is 1. The fourth-order valence-corrected chi connectivity index (χ4v) is 3.00. The second-order valence-electron chi connectivity index (χ2n) is 6.23. The molecule has 1 fully saturated rings. The average molecular weight is 286 g/mol. The van der Waals surface area contributed by atoms with Gasteiger partial charge in [0.15, 0.2) is 0 Å². The van der Waals surface area contributed by atoms with E-state index in [4.69, 9.17) is 4.74 Å². The molecule has 0 amide bonds. The van der Waals surface area contributed by atoms with Crippen LogP contribution in [0.25, 0.3) is 0 Å². The lowest BCUT2D eigenvalue weighted by Crippen LogP contribution is -2.50. The molecule has 114 valence electrons. The van der Waals surface area contributed by atoms with Crippen LogP contribution in [0.1, 0.15) is 50.2 Å². The van der Waals surface area contributed by atoms with Crippen molar-refractivity contribution in [2.24, 2.45) is 0 Å². The van der Waals surface area contributed by atoms with E-state index in [1.54, 1.807) is 0 Å². The summed E-state index contributed by atoms with van der Waals surface area (Å²) in [6.07, 6.45) is 4.95. The second kappa shape index (κ2) is 6.95. The number of hydrogen-bond donors (Lipinski definition) is 1. The van der Waals surface area contributed by atoms with Gasteiger partial charge in [0.1, 0.15) is 17.4 Å². The van der Waals surface area contributed by atoms with E-state index in [2.05, 4.69) is 50.4 Å². The van der Waals surface area contributed by atoms with Crippen LogP contribution in [0, 0.1) is 25.2 Å². The fraction of sp³-hybridized carbons (Fsp3) is 0.611. The molecule has 21 heavy (non-hydrogen) atoms. The van der Waals surface area contributed by atoms with E-state index in [-0.39, 0.29) is 6.10 Å². The maximum atomic E-state index is 9.58. The lowest BCUT2D eigenvalue weighted by Gasteiger charge is -2.36. The minimum atomic E-state index is -0.406. The predicted molar refractivity (Wildman–Crippen MR) is 85.4 cm³/mol. The quantitative estimate of drug-likeness (QED) is 0.893. The maximum absolute atomic E-state index is 9.58. The molecule has 0 saturated heterocycles. The molecule has 1 aliphatic rings. The van der Waals surface area contributed by atoms with Crippen LogP contribution in [-0.4, -0.2) is 18.2 Å². The standard InChI is InChI=1S/C18H26N2O/c1-4-10-20-18(13-19)9-5-6-16(12-18)21-17-11-14(2)7-8-15(17)3/h7-8,11,16,20H,4-6,9-10,12H2,1-3H3. The molecule has 0 aliphatic heterocycles. The van der Waals surface area contributed by atoms with Gasteiger partial charge in [-0.15, -0.1) is 0 Å². The molecule has 2 rings (SSSR count). The number of rotatable bonds is 5. The fourth-order valence-electron chi connectivity index (χ4n) is 3.00. The lowest BCUT2D eigenvalue weighted by molar-refractivity contribution is 0.112. The van der Waals surface area contributed by atoms with Gasteiger partial charge in [0.25, 0.3) is 0 Å². The highest BCUT2D eigenvalue weighted by molar-refractivity contribution is 5.36. The van der Waals surface area contributed by atoms with E-state index in [9.17, 15) is 5.26 Å². The Bertz CT molecular complexity index is 520. The van der Waals surface area contributed by atoms with Crippen molar-refractivity contribution in [2.75, 3.05) is 6.54 Å². The Morgan fingerprint density at radius 1 is 1.43 bits per heavy atom. The van der Waals surface area contributed by atoms with Crippen LogP contribution in [0.5, 0.6) is 5.75 Å². The third kappa shape index (κ3) is 3.98. The van der Waals surface area contributed by atoms with Gasteiger partial charge < -0.3 is 4.74 Å². The van der Waals surface area contributed by atoms with Crippen molar-refractivity contribution < 1.29 is 4.74 Å². The topological polar surface area (TPSA) is 45.0 Å². The number of benzene rings is 1. The monoisotopic (exact) mass is 286 g/mol. The van der Waals surface area contributed by atoms with Crippen molar-refractivity contribution in [1.82, 2.24) is 5.32 Å². The van der Waals surface area contributed by atoms with E-state index in [1.807, 2.05) is 0 Å². The van der Waals surface area contributed by atoms with Crippen molar-refractivity contribution in [1.29, 1.82) is 5.26 Å². The van der Waals surface area contributed by atoms with Gasteiger partial charge in [0.2, 0.25) is 0 Å². The number of aryl methyl sites for hydroxylation is 2. The summed E-state index contributed by atoms with van der Waals surface area (Å²) in [7, 11) is 0. The molecule has 0 bridgehead atoms. The first-order chi connectivity index (χ1) is 10.1. The summed E-state index contributed by atoms with van der Waals surface area (Å²) in [4.78, 5) is 0. The van der Waals surface area contributed by atoms with E-state index in [0.29, 0.717) is 0 Å². The normalized spacial score (nSPS) is 25.3. The van der Waals surface area contributed by atoms with Gasteiger partial charge in [-0.05, 0) is 63.3 Å². The molecule has 0 aromatic heterocycles. The molecule has 3 nitrogen and oxygen atoms in total. The molecular formula is C18H26N2O. The molecule has 1 aromatic rings. The van der Waals surface area contributed by atoms with Gasteiger partial charge in [-0.3, -0.25) is 5.32 Å². The molecule has 0 spiro atoms. The highest BCUT2D eigenvalue weighted by Gasteiger charge is 2.37. The third-order valence-electron chi connectivity index (χ3n) is 4.27. The Labute approximate surface area is 128 Å². The van der Waals surface area contributed by atoms with Gasteiger partial charge in [-0.2, -0.15) is 5.26 Å². The van der Waals surface area contributed by atoms with Gasteiger partial charge in [-0.1, -0.05) is 19.1 Å². The number of nitriles is 1. The SMILES string of the molecule is CCCNC1(C#N)CCCC(Oc2cc(C)ccc2C)C1. The van der Waals surface area contributed by atoms with Gasteiger partial charge in [0, 0.05) is 6.42 Å². The highest BCUT2D eigenvalue weighted by Crippen LogP contribution is 2.32. The summed E-state index contributed by atoms with van der Waals surface area (Å²) in [5.41, 5.74) is 1.97. The molecule has 0 heterocycles. The van der Waals surface area contributed by atoms with Crippen LogP contribution in [-0.2, 0) is 0 Å². The van der Waals surface area contributed by atoms with Crippen LogP contribution in [0.3, 0.4) is 0 Å². The number of hydrogen-bond acceptors (Lipinski definition) is 3. The minimum absolute atomic E-state index is 0.128. The zero-order valence-electron chi connectivity index (χ0n) is 13.4. The summed E-state index contributed by atoms with van der Waals surface area (Å²) in [5.74, 6) is 0.962. The van der Waals surface area contributed by atoms with E-state index in [0.717, 1.165) is 50.0 Å². The Morgan fingerprint density at radius 2 is 2.24 bits per heavy atom. The van der Waals surface area contributed by atoms with Crippen molar-refractivity contribution in [2.45, 2.75) is 64.5 Å². The Morgan fingerprint density at radius 3 is 2.95 bits per heavy atom. The zero-order valence-corrected chi connectivity index (χ0v) is 13.4. The summed E-state index contributed by atoms with van der Waals surface area (Å²) in [6.45, 7) is 7.18. The smallest absolute Gasteiger partial charge is 0.122 e. The summed E-state index contributed by atoms with van der Waals surface area (Å²) < 4.78 is 6.21. The predicted octanol–water partition coefficient (Wildman–Crippen LogP) is 3.89. The van der Waals surface area contributed by atoms with Crippen molar-refractivity contribution in [3.05, 3.63) is 29.3 Å². The van der Waals surface area contributed by atoms with Gasteiger partial charge >= 0.3 is 0 Å². The molecular weight excluding hydrogens is 260 g/mol. The largest absolute Gasteiger partial charge is 0.490 e. The lowest BCUT2D eigenvalue weighted by atomic mass is 9.81. The van der Waals surface area contributed by atoms with E-state index < -0.39 is 5.54 Å². The summed E-state index contributed by atoms with van der Waals surface area (Å²) >= 11 is 0. The van der Waals surface area contributed by atoms with Crippen molar-refractivity contribution in [3.8, 4) is 11.8 Å². The molecule has 2 atom stereocenters. The van der Waals surface area contributed by atoms with E-state index >= 15 is 0 Å². The third-order valence-corrected chi connectivity index (χ3v) is 4.27. The van der Waals surface area contributed by atoms with Gasteiger partial charge in [-0.25, -0.2) is 0 Å². The first-order valence-electron chi connectivity index (χ1n) is 7.99. The van der Waals surface area contributed by atoms with Crippen LogP contribution in [0.4, 0.5) is 0 Å². The first-order valence-corrected chi connectivity index (χ1v) is 7.99. The second-order valence-corrected chi connectivity index (χ2v) is 6.23. The Balaban J connectivity index is 2.07. The highest BCUT2D eigenvalue weighted by atomic mass is 16.5. The Hall–Kier alpha value is -1.53. The molecule has 1 saturated carbocycles. The maximum Gasteiger partial charge on any atom is 0.122 e. The first kappa shape index (κ1) is 15.9. The van der Waals surface area contributed by atoms with Crippen LogP contribution < -0.4 is 10.1 Å². The van der Waals surface area contributed by atoms with Crippen LogP contribution in [0.15, 0.2) is 18.2 Å². The van der Waals surface area contributed by atoms with Crippen LogP contribution in [0.2, 0.25) is 0 Å². The summed E-state index contributed by atoms with van der Waals surface area (Å²) in [5, 5.41) is 13.0. The molecule has 1 aliphatic carbocycles. The number of ether oxygens (including phenoxy) is 1. The molecule has 0 radical (unpaired) electrons. The minimum Gasteiger partial charge on any atom is -0.490 e. The average Bonchev–Trinajstić information content (AvgIpc) is 2.49. The van der Waals surface area contributed by atoms with Crippen molar-refractivity contribution >= 4 is 0 Å².